The lowest BCUT2D eigenvalue weighted by Gasteiger charge is -2.09. The maximum Gasteiger partial charge on any atom is 0.0818 e. The summed E-state index contributed by atoms with van der Waals surface area (Å²) in [6.45, 7) is 0. The van der Waals surface area contributed by atoms with Gasteiger partial charge in [-0.05, 0) is 42.5 Å². The lowest BCUT2D eigenvalue weighted by Crippen LogP contribution is -1.93. The van der Waals surface area contributed by atoms with Gasteiger partial charge >= 0.3 is 0 Å². The largest absolute Gasteiger partial charge is 0.307 e. The predicted molar refractivity (Wildman–Crippen MR) is 151 cm³/mol. The van der Waals surface area contributed by atoms with E-state index in [2.05, 4.69) is 130 Å². The number of benzene rings is 5. The number of hydrogen-bond donors (Lipinski definition) is 0. The molecule has 164 valence electrons. The van der Waals surface area contributed by atoms with Gasteiger partial charge in [0, 0.05) is 42.3 Å². The van der Waals surface area contributed by atoms with Gasteiger partial charge in [-0.15, -0.1) is 11.3 Å². The van der Waals surface area contributed by atoms with Crippen LogP contribution in [0.2, 0.25) is 0 Å². The Balaban J connectivity index is 1.71. The number of aromatic nitrogens is 2. The van der Waals surface area contributed by atoms with Crippen molar-refractivity contribution in [1.82, 2.24) is 9.13 Å². The van der Waals surface area contributed by atoms with Gasteiger partial charge < -0.3 is 9.13 Å². The summed E-state index contributed by atoms with van der Waals surface area (Å²) in [5, 5.41) is 5.25. The quantitative estimate of drug-likeness (QED) is 0.241. The van der Waals surface area contributed by atoms with Crippen molar-refractivity contribution in [3.63, 3.8) is 0 Å². The molecular formula is C32H20N2S. The van der Waals surface area contributed by atoms with Gasteiger partial charge in [-0.1, -0.05) is 78.9 Å². The summed E-state index contributed by atoms with van der Waals surface area (Å²) in [4.78, 5) is 0. The van der Waals surface area contributed by atoms with Gasteiger partial charge in [0.25, 0.3) is 0 Å². The van der Waals surface area contributed by atoms with E-state index in [9.17, 15) is 0 Å². The second kappa shape index (κ2) is 7.08. The number of para-hydroxylation sites is 3. The van der Waals surface area contributed by atoms with Crippen LogP contribution in [-0.2, 0) is 0 Å². The fourth-order valence-corrected chi connectivity index (χ4v) is 6.93. The van der Waals surface area contributed by atoms with Crippen molar-refractivity contribution in [3.05, 3.63) is 121 Å². The van der Waals surface area contributed by atoms with Crippen molar-refractivity contribution in [2.24, 2.45) is 0 Å². The summed E-state index contributed by atoms with van der Waals surface area (Å²) in [5.41, 5.74) is 7.38. The summed E-state index contributed by atoms with van der Waals surface area (Å²) < 4.78 is 7.59. The molecule has 0 amide bonds. The Morgan fingerprint density at radius 3 is 1.77 bits per heavy atom. The second-order valence-corrected chi connectivity index (χ2v) is 10.0. The zero-order chi connectivity index (χ0) is 22.9. The van der Waals surface area contributed by atoms with Crippen molar-refractivity contribution in [1.29, 1.82) is 0 Å². The number of nitrogens with zero attached hydrogens (tertiary/aromatic N) is 2. The monoisotopic (exact) mass is 464 g/mol. The fourth-order valence-electron chi connectivity index (χ4n) is 5.68. The Morgan fingerprint density at radius 1 is 0.429 bits per heavy atom. The molecule has 0 atom stereocenters. The third-order valence-electron chi connectivity index (χ3n) is 7.10. The fraction of sp³-hybridized carbons (Fsp3) is 0. The minimum atomic E-state index is 1.18. The molecule has 0 bridgehead atoms. The van der Waals surface area contributed by atoms with Crippen molar-refractivity contribution in [2.75, 3.05) is 0 Å². The molecule has 35 heavy (non-hydrogen) atoms. The molecule has 0 aliphatic carbocycles. The Morgan fingerprint density at radius 2 is 1.03 bits per heavy atom. The van der Waals surface area contributed by atoms with Crippen LogP contribution in [0.4, 0.5) is 0 Å². The highest BCUT2D eigenvalue weighted by Gasteiger charge is 2.24. The summed E-state index contributed by atoms with van der Waals surface area (Å²) in [6.07, 6.45) is 0. The smallest absolute Gasteiger partial charge is 0.0818 e. The lowest BCUT2D eigenvalue weighted by molar-refractivity contribution is 1.17. The Bertz CT molecular complexity index is 2000. The Hall–Kier alpha value is -4.34. The first-order valence-electron chi connectivity index (χ1n) is 11.9. The van der Waals surface area contributed by atoms with Gasteiger partial charge in [-0.3, -0.25) is 0 Å². The van der Waals surface area contributed by atoms with Crippen LogP contribution in [0.25, 0.3) is 64.4 Å². The van der Waals surface area contributed by atoms with Crippen molar-refractivity contribution in [2.45, 2.75) is 0 Å². The molecule has 3 aromatic heterocycles. The number of hydrogen-bond acceptors (Lipinski definition) is 1. The summed E-state index contributed by atoms with van der Waals surface area (Å²) >= 11 is 1.90. The molecule has 8 aromatic rings. The first-order valence-corrected chi connectivity index (χ1v) is 12.7. The van der Waals surface area contributed by atoms with Gasteiger partial charge in [0.05, 0.1) is 22.1 Å². The molecule has 3 heteroatoms. The molecule has 0 N–H and O–H groups in total. The average Bonchev–Trinajstić information content (AvgIpc) is 3.57. The van der Waals surface area contributed by atoms with Crippen LogP contribution in [0.15, 0.2) is 121 Å². The third kappa shape index (κ3) is 2.53. The van der Waals surface area contributed by atoms with Crippen LogP contribution in [0.3, 0.4) is 0 Å². The molecule has 0 unspecified atom stereocenters. The topological polar surface area (TPSA) is 9.86 Å². The average molecular weight is 465 g/mol. The zero-order valence-electron chi connectivity index (χ0n) is 18.8. The SMILES string of the molecule is c1ccc(-n2c3ccc4c5ccccc5sc4c3c3c2c2ccccc2n3-c2ccccc2)cc1. The Kier molecular flexibility index (Phi) is 3.85. The van der Waals surface area contributed by atoms with Gasteiger partial charge in [-0.25, -0.2) is 0 Å². The van der Waals surface area contributed by atoms with E-state index in [4.69, 9.17) is 0 Å². The minimum Gasteiger partial charge on any atom is -0.307 e. The molecule has 0 saturated heterocycles. The molecule has 3 heterocycles. The molecule has 0 radical (unpaired) electrons. The summed E-state index contributed by atoms with van der Waals surface area (Å²) in [6, 6.07) is 43.7. The van der Waals surface area contributed by atoms with E-state index in [1.807, 2.05) is 11.3 Å². The van der Waals surface area contributed by atoms with Crippen molar-refractivity contribution in [3.8, 4) is 11.4 Å². The predicted octanol–water partition coefficient (Wildman–Crippen LogP) is 9.10. The highest BCUT2D eigenvalue weighted by molar-refractivity contribution is 7.26. The third-order valence-corrected chi connectivity index (χ3v) is 8.31. The minimum absolute atomic E-state index is 1.18. The van der Waals surface area contributed by atoms with Gasteiger partial charge in [0.2, 0.25) is 0 Å². The second-order valence-electron chi connectivity index (χ2n) is 8.99. The van der Waals surface area contributed by atoms with Crippen LogP contribution in [0.1, 0.15) is 0 Å². The normalized spacial score (nSPS) is 12.0. The van der Waals surface area contributed by atoms with Crippen LogP contribution in [-0.4, -0.2) is 9.13 Å². The van der Waals surface area contributed by atoms with Gasteiger partial charge in [-0.2, -0.15) is 0 Å². The number of thiophene rings is 1. The molecule has 0 spiro atoms. The van der Waals surface area contributed by atoms with E-state index in [-0.39, 0.29) is 0 Å². The maximum atomic E-state index is 2.45. The highest BCUT2D eigenvalue weighted by atomic mass is 32.1. The molecule has 0 saturated carbocycles. The van der Waals surface area contributed by atoms with Crippen molar-refractivity contribution < 1.29 is 0 Å². The van der Waals surface area contributed by atoms with Crippen LogP contribution in [0.5, 0.6) is 0 Å². The standard InChI is InChI=1S/C32H20N2S/c1-3-11-21(12-4-1)33-26-17-9-7-16-25(26)30-31(33)29-27(34(30)22-13-5-2-6-14-22)20-19-24-23-15-8-10-18-28(23)35-32(24)29/h1-20H. The highest BCUT2D eigenvalue weighted by Crippen LogP contribution is 2.46. The number of rotatable bonds is 2. The molecule has 2 nitrogen and oxygen atoms in total. The van der Waals surface area contributed by atoms with Crippen LogP contribution >= 0.6 is 11.3 Å². The molecule has 5 aromatic carbocycles. The van der Waals surface area contributed by atoms with Gasteiger partial charge in [0.1, 0.15) is 0 Å². The van der Waals surface area contributed by atoms with E-state index >= 15 is 0 Å². The Labute approximate surface area is 205 Å². The molecule has 0 aliphatic rings. The van der Waals surface area contributed by atoms with E-state index in [1.165, 1.54) is 64.4 Å². The molecule has 8 rings (SSSR count). The summed E-state index contributed by atoms with van der Waals surface area (Å²) in [5.74, 6) is 0. The van der Waals surface area contributed by atoms with E-state index in [1.54, 1.807) is 0 Å². The van der Waals surface area contributed by atoms with E-state index in [0.717, 1.165) is 0 Å². The lowest BCUT2D eigenvalue weighted by atomic mass is 10.1. The van der Waals surface area contributed by atoms with Gasteiger partial charge in [0.15, 0.2) is 0 Å². The van der Waals surface area contributed by atoms with E-state index < -0.39 is 0 Å². The zero-order valence-corrected chi connectivity index (χ0v) is 19.7. The van der Waals surface area contributed by atoms with Crippen LogP contribution in [0, 0.1) is 0 Å². The molecule has 0 aliphatic heterocycles. The first kappa shape index (κ1) is 19.0. The van der Waals surface area contributed by atoms with Crippen LogP contribution < -0.4 is 0 Å². The molecule has 0 fully saturated rings. The maximum absolute atomic E-state index is 2.45. The number of fused-ring (bicyclic) bond motifs is 9. The van der Waals surface area contributed by atoms with Crippen molar-refractivity contribution >= 4 is 64.3 Å². The first-order chi connectivity index (χ1) is 17.4. The van der Waals surface area contributed by atoms with E-state index in [0.29, 0.717) is 0 Å². The summed E-state index contributed by atoms with van der Waals surface area (Å²) in [7, 11) is 0. The molecular weight excluding hydrogens is 444 g/mol.